The molecule has 1 unspecified atom stereocenters. The number of carbonyl (C=O) groups is 1. The van der Waals surface area contributed by atoms with Crippen LogP contribution in [0.1, 0.15) is 18.9 Å². The van der Waals surface area contributed by atoms with Crippen molar-refractivity contribution in [2.45, 2.75) is 24.3 Å². The number of halogens is 1. The minimum atomic E-state index is -3.64. The van der Waals surface area contributed by atoms with Gasteiger partial charge in [-0.25, -0.2) is 8.42 Å². The van der Waals surface area contributed by atoms with Crippen LogP contribution in [0.4, 0.5) is 0 Å². The molecule has 0 saturated heterocycles. The van der Waals surface area contributed by atoms with Gasteiger partial charge < -0.3 is 5.11 Å². The fraction of sp³-hybridized carbons (Fsp3) is 0.364. The summed E-state index contributed by atoms with van der Waals surface area (Å²) in [6, 6.07) is 7.00. The Labute approximate surface area is 114 Å². The second kappa shape index (κ2) is 5.81. The summed E-state index contributed by atoms with van der Waals surface area (Å²) in [5.41, 5.74) is 0.616. The molecule has 0 amide bonds. The molecule has 0 aromatic heterocycles. The average molecular weight is 368 g/mol. The van der Waals surface area contributed by atoms with Gasteiger partial charge >= 0.3 is 5.97 Å². The van der Waals surface area contributed by atoms with Gasteiger partial charge in [0.15, 0.2) is 15.1 Å². The molecule has 0 fully saturated rings. The van der Waals surface area contributed by atoms with E-state index in [1.54, 1.807) is 31.2 Å². The summed E-state index contributed by atoms with van der Waals surface area (Å²) < 4.78 is 24.8. The molecule has 0 spiro atoms. The molecule has 1 aromatic carbocycles. The molecule has 1 N–H and O–H groups in total. The summed E-state index contributed by atoms with van der Waals surface area (Å²) in [5.74, 6) is -1.51. The van der Waals surface area contributed by atoms with Gasteiger partial charge in [0.25, 0.3) is 0 Å². The van der Waals surface area contributed by atoms with E-state index >= 15 is 0 Å². The van der Waals surface area contributed by atoms with E-state index in [9.17, 15) is 13.2 Å². The number of carboxylic acid groups (broad SMARTS) is 1. The van der Waals surface area contributed by atoms with Crippen molar-refractivity contribution < 1.29 is 18.3 Å². The Kier molecular flexibility index (Phi) is 4.93. The molecule has 4 nitrogen and oxygen atoms in total. The smallest absolute Gasteiger partial charge is 0.321 e. The predicted molar refractivity (Wildman–Crippen MR) is 73.5 cm³/mol. The molecule has 94 valence electrons. The molecule has 6 heteroatoms. The van der Waals surface area contributed by atoms with Gasteiger partial charge in [-0.3, -0.25) is 4.79 Å². The maximum Gasteiger partial charge on any atom is 0.321 e. The Bertz CT molecular complexity index is 493. The third-order valence-corrected chi connectivity index (χ3v) is 5.22. The number of carboxylic acids is 1. The molecular formula is C11H13IO4S. The first-order valence-corrected chi connectivity index (χ1v) is 7.85. The van der Waals surface area contributed by atoms with E-state index < -0.39 is 21.1 Å². The van der Waals surface area contributed by atoms with Crippen molar-refractivity contribution in [3.05, 3.63) is 33.4 Å². The number of sulfone groups is 1. The molecule has 1 rings (SSSR count). The van der Waals surface area contributed by atoms with Gasteiger partial charge in [0.2, 0.25) is 0 Å². The summed E-state index contributed by atoms with van der Waals surface area (Å²) in [5, 5.41) is 7.53. The lowest BCUT2D eigenvalue weighted by atomic mass is 10.2. The first-order valence-electron chi connectivity index (χ1n) is 5.05. The number of benzene rings is 1. The summed E-state index contributed by atoms with van der Waals surface area (Å²) >= 11 is 2.12. The molecule has 0 aliphatic heterocycles. The molecule has 0 aliphatic carbocycles. The van der Waals surface area contributed by atoms with Crippen molar-refractivity contribution >= 4 is 38.4 Å². The molecule has 0 bridgehead atoms. The lowest BCUT2D eigenvalue weighted by Crippen LogP contribution is -2.30. The van der Waals surface area contributed by atoms with Crippen molar-refractivity contribution in [3.63, 3.8) is 0 Å². The standard InChI is InChI=1S/C11H13IO4S/c1-2-10(11(13)14)17(15,16)7-8-3-5-9(12)6-4-8/h3-6,10H,2,7H2,1H3,(H,13,14). The SMILES string of the molecule is CCC(C(=O)O)S(=O)(=O)Cc1ccc(I)cc1. The molecule has 0 radical (unpaired) electrons. The minimum absolute atomic E-state index is 0.0854. The summed E-state index contributed by atoms with van der Waals surface area (Å²) in [6.45, 7) is 1.56. The Hall–Kier alpha value is -0.630. The maximum absolute atomic E-state index is 11.9. The lowest BCUT2D eigenvalue weighted by Gasteiger charge is -2.11. The Morgan fingerprint density at radius 1 is 1.35 bits per heavy atom. The zero-order valence-electron chi connectivity index (χ0n) is 9.26. The van der Waals surface area contributed by atoms with Crippen LogP contribution in [-0.4, -0.2) is 24.7 Å². The fourth-order valence-corrected chi connectivity index (χ4v) is 3.53. The van der Waals surface area contributed by atoms with Crippen LogP contribution in [0.15, 0.2) is 24.3 Å². The molecule has 0 heterocycles. The van der Waals surface area contributed by atoms with Crippen LogP contribution in [0, 0.1) is 3.57 Å². The monoisotopic (exact) mass is 368 g/mol. The third kappa shape index (κ3) is 3.95. The highest BCUT2D eigenvalue weighted by Crippen LogP contribution is 2.15. The highest BCUT2D eigenvalue weighted by atomic mass is 127. The van der Waals surface area contributed by atoms with Crippen LogP contribution in [0.5, 0.6) is 0 Å². The summed E-state index contributed by atoms with van der Waals surface area (Å²) in [4.78, 5) is 10.8. The van der Waals surface area contributed by atoms with E-state index in [0.717, 1.165) is 3.57 Å². The van der Waals surface area contributed by atoms with E-state index in [2.05, 4.69) is 22.6 Å². The van der Waals surface area contributed by atoms with Crippen molar-refractivity contribution in [2.24, 2.45) is 0 Å². The molecule has 0 saturated carbocycles. The van der Waals surface area contributed by atoms with E-state index in [4.69, 9.17) is 5.11 Å². The first kappa shape index (κ1) is 14.4. The number of hydrogen-bond donors (Lipinski definition) is 1. The highest BCUT2D eigenvalue weighted by molar-refractivity contribution is 14.1. The van der Waals surface area contributed by atoms with E-state index in [1.165, 1.54) is 0 Å². The second-order valence-electron chi connectivity index (χ2n) is 3.67. The van der Waals surface area contributed by atoms with Crippen molar-refractivity contribution in [1.82, 2.24) is 0 Å². The molecule has 1 aromatic rings. The average Bonchev–Trinajstić information content (AvgIpc) is 2.21. The van der Waals surface area contributed by atoms with Gasteiger partial charge in [0.1, 0.15) is 0 Å². The van der Waals surface area contributed by atoms with Crippen LogP contribution >= 0.6 is 22.6 Å². The van der Waals surface area contributed by atoms with Gasteiger partial charge in [0.05, 0.1) is 5.75 Å². The number of aliphatic carboxylic acids is 1. The number of rotatable bonds is 5. The molecule has 0 aliphatic rings. The van der Waals surface area contributed by atoms with Gasteiger partial charge in [0, 0.05) is 3.57 Å². The van der Waals surface area contributed by atoms with Gasteiger partial charge in [-0.15, -0.1) is 0 Å². The van der Waals surface area contributed by atoms with Gasteiger partial charge in [-0.2, -0.15) is 0 Å². The quantitative estimate of drug-likeness (QED) is 0.808. The van der Waals surface area contributed by atoms with Crippen LogP contribution in [0.2, 0.25) is 0 Å². The number of hydrogen-bond acceptors (Lipinski definition) is 3. The zero-order valence-corrected chi connectivity index (χ0v) is 12.2. The predicted octanol–water partition coefficient (Wildman–Crippen LogP) is 2.07. The topological polar surface area (TPSA) is 71.4 Å². The largest absolute Gasteiger partial charge is 0.480 e. The summed E-state index contributed by atoms with van der Waals surface area (Å²) in [7, 11) is -3.64. The highest BCUT2D eigenvalue weighted by Gasteiger charge is 2.30. The lowest BCUT2D eigenvalue weighted by molar-refractivity contribution is -0.136. The van der Waals surface area contributed by atoms with Crippen molar-refractivity contribution in [3.8, 4) is 0 Å². The molecular weight excluding hydrogens is 355 g/mol. The second-order valence-corrected chi connectivity index (χ2v) is 7.10. The fourth-order valence-electron chi connectivity index (χ4n) is 1.50. The first-order chi connectivity index (χ1) is 7.86. The van der Waals surface area contributed by atoms with Crippen LogP contribution in [0.25, 0.3) is 0 Å². The summed E-state index contributed by atoms with van der Waals surface area (Å²) in [6.07, 6.45) is 0.0854. The Morgan fingerprint density at radius 2 is 1.88 bits per heavy atom. The van der Waals surface area contributed by atoms with Crippen LogP contribution < -0.4 is 0 Å². The molecule has 17 heavy (non-hydrogen) atoms. The van der Waals surface area contributed by atoms with Crippen molar-refractivity contribution in [2.75, 3.05) is 0 Å². The van der Waals surface area contributed by atoms with E-state index in [-0.39, 0.29) is 12.2 Å². The van der Waals surface area contributed by atoms with E-state index in [1.807, 2.05) is 0 Å². The zero-order chi connectivity index (χ0) is 13.1. The van der Waals surface area contributed by atoms with Crippen LogP contribution in [-0.2, 0) is 20.4 Å². The maximum atomic E-state index is 11.9. The van der Waals surface area contributed by atoms with Gasteiger partial charge in [-0.05, 0) is 46.7 Å². The van der Waals surface area contributed by atoms with E-state index in [0.29, 0.717) is 5.56 Å². The van der Waals surface area contributed by atoms with Gasteiger partial charge in [-0.1, -0.05) is 19.1 Å². The van der Waals surface area contributed by atoms with Crippen LogP contribution in [0.3, 0.4) is 0 Å². The Balaban J connectivity index is 2.93. The normalized spacial score (nSPS) is 13.3. The third-order valence-electron chi connectivity index (χ3n) is 2.36. The van der Waals surface area contributed by atoms with Crippen molar-refractivity contribution in [1.29, 1.82) is 0 Å². The molecule has 1 atom stereocenters. The Morgan fingerprint density at radius 3 is 2.29 bits per heavy atom. The minimum Gasteiger partial charge on any atom is -0.480 e.